The van der Waals surface area contributed by atoms with Crippen molar-refractivity contribution in [3.05, 3.63) is 11.6 Å². The first-order valence-corrected chi connectivity index (χ1v) is 5.35. The molecule has 0 bridgehead atoms. The SMILES string of the molecule is CC(C)(C)n1c(CN)nnc1CCC(F)(F)F. The highest BCUT2D eigenvalue weighted by Gasteiger charge is 2.29. The van der Waals surface area contributed by atoms with Crippen LogP contribution in [-0.4, -0.2) is 20.9 Å². The van der Waals surface area contributed by atoms with E-state index in [0.29, 0.717) is 11.6 Å². The van der Waals surface area contributed by atoms with Crippen molar-refractivity contribution in [2.75, 3.05) is 0 Å². The van der Waals surface area contributed by atoms with Gasteiger partial charge in [0.2, 0.25) is 0 Å². The second-order valence-electron chi connectivity index (χ2n) is 4.86. The van der Waals surface area contributed by atoms with E-state index in [0.717, 1.165) is 0 Å². The Bertz CT molecular complexity index is 376. The zero-order valence-electron chi connectivity index (χ0n) is 10.2. The Hall–Kier alpha value is -1.11. The minimum Gasteiger partial charge on any atom is -0.324 e. The van der Waals surface area contributed by atoms with Crippen LogP contribution in [-0.2, 0) is 18.5 Å². The number of nitrogens with zero attached hydrogens (tertiary/aromatic N) is 3. The van der Waals surface area contributed by atoms with Crippen molar-refractivity contribution in [3.8, 4) is 0 Å². The molecular formula is C10H17F3N4. The second-order valence-corrected chi connectivity index (χ2v) is 4.86. The van der Waals surface area contributed by atoms with Crippen LogP contribution in [0.4, 0.5) is 13.2 Å². The van der Waals surface area contributed by atoms with Gasteiger partial charge in [-0.3, -0.25) is 0 Å². The van der Waals surface area contributed by atoms with E-state index in [1.165, 1.54) is 0 Å². The average molecular weight is 250 g/mol. The molecule has 0 saturated carbocycles. The van der Waals surface area contributed by atoms with E-state index in [-0.39, 0.29) is 18.5 Å². The largest absolute Gasteiger partial charge is 0.389 e. The molecule has 1 aromatic heterocycles. The van der Waals surface area contributed by atoms with Crippen LogP contribution in [0.5, 0.6) is 0 Å². The van der Waals surface area contributed by atoms with Gasteiger partial charge in [-0.25, -0.2) is 0 Å². The van der Waals surface area contributed by atoms with Gasteiger partial charge in [-0.1, -0.05) is 0 Å². The lowest BCUT2D eigenvalue weighted by Crippen LogP contribution is -2.28. The highest BCUT2D eigenvalue weighted by molar-refractivity contribution is 5.01. The molecule has 0 amide bonds. The van der Waals surface area contributed by atoms with Crippen LogP contribution in [0, 0.1) is 0 Å². The maximum atomic E-state index is 12.2. The Morgan fingerprint density at radius 2 is 1.65 bits per heavy atom. The van der Waals surface area contributed by atoms with Crippen molar-refractivity contribution in [2.45, 2.75) is 51.9 Å². The maximum Gasteiger partial charge on any atom is 0.389 e. The molecule has 17 heavy (non-hydrogen) atoms. The van der Waals surface area contributed by atoms with E-state index in [1.807, 2.05) is 20.8 Å². The lowest BCUT2D eigenvalue weighted by Gasteiger charge is -2.24. The first-order chi connectivity index (χ1) is 7.65. The summed E-state index contributed by atoms with van der Waals surface area (Å²) >= 11 is 0. The van der Waals surface area contributed by atoms with Gasteiger partial charge in [0.15, 0.2) is 0 Å². The zero-order valence-corrected chi connectivity index (χ0v) is 10.2. The molecule has 1 rings (SSSR count). The Morgan fingerprint density at radius 1 is 1.12 bits per heavy atom. The molecule has 1 aromatic rings. The lowest BCUT2D eigenvalue weighted by molar-refractivity contribution is -0.134. The lowest BCUT2D eigenvalue weighted by atomic mass is 10.1. The minimum absolute atomic E-state index is 0.163. The van der Waals surface area contributed by atoms with Crippen molar-refractivity contribution in [1.29, 1.82) is 0 Å². The normalized spacial score (nSPS) is 13.1. The van der Waals surface area contributed by atoms with E-state index in [9.17, 15) is 13.2 Å². The van der Waals surface area contributed by atoms with Crippen LogP contribution in [0.3, 0.4) is 0 Å². The quantitative estimate of drug-likeness (QED) is 0.892. The molecule has 0 spiro atoms. The van der Waals surface area contributed by atoms with E-state index in [4.69, 9.17) is 5.73 Å². The van der Waals surface area contributed by atoms with E-state index < -0.39 is 12.6 Å². The number of rotatable bonds is 3. The topological polar surface area (TPSA) is 56.7 Å². The number of nitrogens with two attached hydrogens (primary N) is 1. The molecule has 0 aliphatic carbocycles. The molecule has 1 heterocycles. The van der Waals surface area contributed by atoms with Crippen LogP contribution in [0.2, 0.25) is 0 Å². The summed E-state index contributed by atoms with van der Waals surface area (Å²) in [6.07, 6.45) is -5.25. The molecule has 0 aromatic carbocycles. The summed E-state index contributed by atoms with van der Waals surface area (Å²) in [5.41, 5.74) is 5.12. The molecule has 0 atom stereocenters. The summed E-state index contributed by atoms with van der Waals surface area (Å²) in [6.45, 7) is 5.81. The first kappa shape index (κ1) is 14.0. The van der Waals surface area contributed by atoms with Gasteiger partial charge in [0.05, 0.1) is 13.0 Å². The summed E-state index contributed by atoms with van der Waals surface area (Å²) in [5.74, 6) is 0.838. The molecule has 0 saturated heterocycles. The van der Waals surface area contributed by atoms with Gasteiger partial charge in [0.25, 0.3) is 0 Å². The van der Waals surface area contributed by atoms with Crippen LogP contribution >= 0.6 is 0 Å². The Morgan fingerprint density at radius 3 is 2.06 bits per heavy atom. The molecule has 0 aliphatic rings. The Labute approximate surface area is 98.0 Å². The number of hydrogen-bond acceptors (Lipinski definition) is 3. The summed E-state index contributed by atoms with van der Waals surface area (Å²) in [6, 6.07) is 0. The van der Waals surface area contributed by atoms with Crippen LogP contribution in [0.25, 0.3) is 0 Å². The number of halogens is 3. The van der Waals surface area contributed by atoms with E-state index >= 15 is 0 Å². The second kappa shape index (κ2) is 4.64. The van der Waals surface area contributed by atoms with Gasteiger partial charge in [-0.05, 0) is 20.8 Å². The highest BCUT2D eigenvalue weighted by atomic mass is 19.4. The molecular weight excluding hydrogens is 233 g/mol. The van der Waals surface area contributed by atoms with Crippen molar-refractivity contribution < 1.29 is 13.2 Å². The van der Waals surface area contributed by atoms with E-state index in [2.05, 4.69) is 10.2 Å². The zero-order chi connectivity index (χ0) is 13.3. The molecule has 0 unspecified atom stereocenters. The van der Waals surface area contributed by atoms with Crippen molar-refractivity contribution in [1.82, 2.24) is 14.8 Å². The van der Waals surface area contributed by atoms with Crippen molar-refractivity contribution in [3.63, 3.8) is 0 Å². The monoisotopic (exact) mass is 250 g/mol. The molecule has 4 nitrogen and oxygen atoms in total. The minimum atomic E-state index is -4.18. The third kappa shape index (κ3) is 3.69. The van der Waals surface area contributed by atoms with E-state index in [1.54, 1.807) is 4.57 Å². The smallest absolute Gasteiger partial charge is 0.324 e. The predicted molar refractivity (Wildman–Crippen MR) is 57.3 cm³/mol. The van der Waals surface area contributed by atoms with Gasteiger partial charge < -0.3 is 10.3 Å². The number of aryl methyl sites for hydroxylation is 1. The Kier molecular flexibility index (Phi) is 3.81. The molecule has 0 aliphatic heterocycles. The third-order valence-electron chi connectivity index (χ3n) is 2.28. The predicted octanol–water partition coefficient (Wildman–Crippen LogP) is 1.99. The summed E-state index contributed by atoms with van der Waals surface area (Å²) < 4.78 is 38.2. The summed E-state index contributed by atoms with van der Waals surface area (Å²) in [5, 5.41) is 7.61. The standard InChI is InChI=1S/C10H17F3N4/c1-9(2,3)17-7(4-5-10(11,12)13)15-16-8(17)6-14/h4-6,14H2,1-3H3. The summed E-state index contributed by atoms with van der Waals surface area (Å²) in [7, 11) is 0. The summed E-state index contributed by atoms with van der Waals surface area (Å²) in [4.78, 5) is 0. The fraction of sp³-hybridized carbons (Fsp3) is 0.800. The number of hydrogen-bond donors (Lipinski definition) is 1. The molecule has 7 heteroatoms. The third-order valence-corrected chi connectivity index (χ3v) is 2.28. The van der Waals surface area contributed by atoms with Crippen LogP contribution < -0.4 is 5.73 Å². The van der Waals surface area contributed by atoms with Crippen molar-refractivity contribution >= 4 is 0 Å². The number of aromatic nitrogens is 3. The molecule has 2 N–H and O–H groups in total. The van der Waals surface area contributed by atoms with Gasteiger partial charge in [0.1, 0.15) is 11.6 Å². The maximum absolute atomic E-state index is 12.2. The fourth-order valence-electron chi connectivity index (χ4n) is 1.68. The molecule has 98 valence electrons. The highest BCUT2D eigenvalue weighted by Crippen LogP contribution is 2.24. The number of alkyl halides is 3. The first-order valence-electron chi connectivity index (χ1n) is 5.35. The van der Waals surface area contributed by atoms with Crippen LogP contribution in [0.15, 0.2) is 0 Å². The average Bonchev–Trinajstić information content (AvgIpc) is 2.55. The molecule has 0 radical (unpaired) electrons. The van der Waals surface area contributed by atoms with Gasteiger partial charge >= 0.3 is 6.18 Å². The van der Waals surface area contributed by atoms with Crippen molar-refractivity contribution in [2.24, 2.45) is 5.73 Å². The van der Waals surface area contributed by atoms with Crippen LogP contribution in [0.1, 0.15) is 38.8 Å². The van der Waals surface area contributed by atoms with Gasteiger partial charge in [-0.15, -0.1) is 10.2 Å². The van der Waals surface area contributed by atoms with Gasteiger partial charge in [0, 0.05) is 12.0 Å². The van der Waals surface area contributed by atoms with Gasteiger partial charge in [-0.2, -0.15) is 13.2 Å². The Balaban J connectivity index is 2.97. The fourth-order valence-corrected chi connectivity index (χ4v) is 1.68. The molecule has 0 fully saturated rings.